The molecule has 1 rings (SSSR count). The number of hydrogen-bond donors (Lipinski definition) is 1. The van der Waals surface area contributed by atoms with Crippen LogP contribution in [0.5, 0.6) is 0 Å². The molecule has 0 saturated carbocycles. The molecule has 0 aliphatic rings. The van der Waals surface area contributed by atoms with Gasteiger partial charge in [0.05, 0.1) is 5.69 Å². The third-order valence-electron chi connectivity index (χ3n) is 2.87. The zero-order chi connectivity index (χ0) is 14.6. The van der Waals surface area contributed by atoms with Crippen LogP contribution in [0, 0.1) is 0 Å². The third-order valence-corrected chi connectivity index (χ3v) is 5.18. The van der Waals surface area contributed by atoms with Gasteiger partial charge in [-0.2, -0.15) is 12.7 Å². The maximum atomic E-state index is 12.4. The van der Waals surface area contributed by atoms with Gasteiger partial charge in [0.25, 0.3) is 0 Å². The van der Waals surface area contributed by atoms with Gasteiger partial charge >= 0.3 is 10.2 Å². The first-order valence-electron chi connectivity index (χ1n) is 5.98. The van der Waals surface area contributed by atoms with Gasteiger partial charge in [-0.1, -0.05) is 38.2 Å². The van der Waals surface area contributed by atoms with Crippen LogP contribution in [-0.4, -0.2) is 37.8 Å². The molecule has 1 aromatic rings. The monoisotopic (exact) mass is 301 g/mol. The smallest absolute Gasteiger partial charge is 0.303 e. The van der Waals surface area contributed by atoms with E-state index in [9.17, 15) is 8.42 Å². The van der Waals surface area contributed by atoms with Crippen molar-refractivity contribution in [2.24, 2.45) is 5.73 Å². The Morgan fingerprint density at radius 2 is 1.89 bits per heavy atom. The van der Waals surface area contributed by atoms with Gasteiger partial charge in [0.2, 0.25) is 0 Å². The zero-order valence-corrected chi connectivity index (χ0v) is 13.0. The lowest BCUT2D eigenvalue weighted by Crippen LogP contribution is -2.41. The number of benzene rings is 1. The molecule has 106 valence electrons. The molecule has 0 bridgehead atoms. The molecule has 7 heteroatoms. The van der Waals surface area contributed by atoms with E-state index in [-0.39, 0.29) is 4.99 Å². The molecule has 0 fully saturated rings. The highest BCUT2D eigenvalue weighted by molar-refractivity contribution is 7.90. The summed E-state index contributed by atoms with van der Waals surface area (Å²) in [7, 11) is -1.99. The van der Waals surface area contributed by atoms with Crippen molar-refractivity contribution in [3.8, 4) is 0 Å². The highest BCUT2D eigenvalue weighted by atomic mass is 32.2. The molecule has 2 N–H and O–H groups in total. The lowest BCUT2D eigenvalue weighted by atomic mass is 10.2. The second-order valence-corrected chi connectivity index (χ2v) is 6.37. The molecule has 0 unspecified atom stereocenters. The summed E-state index contributed by atoms with van der Waals surface area (Å²) < 4.78 is 27.4. The second kappa shape index (κ2) is 6.31. The van der Waals surface area contributed by atoms with Gasteiger partial charge < -0.3 is 5.73 Å². The number of rotatable bonds is 6. The SMILES string of the molecule is CCN(CC)S(=O)(=O)N(C)c1cccc(C(N)=S)c1. The molecule has 0 atom stereocenters. The van der Waals surface area contributed by atoms with Crippen LogP contribution < -0.4 is 10.0 Å². The summed E-state index contributed by atoms with van der Waals surface area (Å²) in [4.78, 5) is 0.246. The molecule has 0 saturated heterocycles. The van der Waals surface area contributed by atoms with Crippen molar-refractivity contribution < 1.29 is 8.42 Å². The van der Waals surface area contributed by atoms with E-state index < -0.39 is 10.2 Å². The zero-order valence-electron chi connectivity index (χ0n) is 11.3. The minimum Gasteiger partial charge on any atom is -0.389 e. The summed E-state index contributed by atoms with van der Waals surface area (Å²) in [5, 5.41) is 0. The number of nitrogens with zero attached hydrogens (tertiary/aromatic N) is 2. The molecule has 0 aromatic heterocycles. The van der Waals surface area contributed by atoms with Crippen molar-refractivity contribution in [1.29, 1.82) is 0 Å². The minimum absolute atomic E-state index is 0.246. The van der Waals surface area contributed by atoms with E-state index in [1.807, 2.05) is 0 Å². The second-order valence-electron chi connectivity index (χ2n) is 3.97. The first-order valence-corrected chi connectivity index (χ1v) is 7.79. The maximum absolute atomic E-state index is 12.4. The van der Waals surface area contributed by atoms with Gasteiger partial charge in [0, 0.05) is 25.7 Å². The van der Waals surface area contributed by atoms with Crippen molar-refractivity contribution in [3.05, 3.63) is 29.8 Å². The molecule has 0 amide bonds. The number of nitrogens with two attached hydrogens (primary N) is 1. The van der Waals surface area contributed by atoms with Crippen LogP contribution in [0.2, 0.25) is 0 Å². The lowest BCUT2D eigenvalue weighted by Gasteiger charge is -2.27. The van der Waals surface area contributed by atoms with Crippen LogP contribution in [0.3, 0.4) is 0 Å². The van der Waals surface area contributed by atoms with E-state index in [4.69, 9.17) is 18.0 Å². The molecule has 0 radical (unpaired) electrons. The fourth-order valence-corrected chi connectivity index (χ4v) is 3.22. The van der Waals surface area contributed by atoms with Gasteiger partial charge in [0.15, 0.2) is 0 Å². The van der Waals surface area contributed by atoms with E-state index >= 15 is 0 Å². The lowest BCUT2D eigenvalue weighted by molar-refractivity contribution is 0.444. The average molecular weight is 301 g/mol. The van der Waals surface area contributed by atoms with Crippen molar-refractivity contribution in [3.63, 3.8) is 0 Å². The molecular formula is C12H19N3O2S2. The average Bonchev–Trinajstić information content (AvgIpc) is 2.39. The van der Waals surface area contributed by atoms with Gasteiger partial charge in [-0.25, -0.2) is 0 Å². The van der Waals surface area contributed by atoms with Crippen molar-refractivity contribution in [1.82, 2.24) is 4.31 Å². The highest BCUT2D eigenvalue weighted by Gasteiger charge is 2.24. The van der Waals surface area contributed by atoms with Crippen LogP contribution in [0.15, 0.2) is 24.3 Å². The van der Waals surface area contributed by atoms with Crippen LogP contribution >= 0.6 is 12.2 Å². The molecule has 0 spiro atoms. The van der Waals surface area contributed by atoms with Crippen molar-refractivity contribution in [2.45, 2.75) is 13.8 Å². The normalized spacial score (nSPS) is 11.6. The quantitative estimate of drug-likeness (QED) is 0.805. The van der Waals surface area contributed by atoms with Crippen LogP contribution in [0.25, 0.3) is 0 Å². The molecule has 19 heavy (non-hydrogen) atoms. The van der Waals surface area contributed by atoms with Gasteiger partial charge in [-0.05, 0) is 12.1 Å². The van der Waals surface area contributed by atoms with E-state index in [1.165, 1.54) is 15.7 Å². The van der Waals surface area contributed by atoms with Gasteiger partial charge in [-0.15, -0.1) is 0 Å². The van der Waals surface area contributed by atoms with Crippen molar-refractivity contribution >= 4 is 33.1 Å². The van der Waals surface area contributed by atoms with E-state index in [0.29, 0.717) is 24.3 Å². The fraction of sp³-hybridized carbons (Fsp3) is 0.417. The number of anilines is 1. The largest absolute Gasteiger partial charge is 0.389 e. The Bertz CT molecular complexity index is 554. The predicted molar refractivity (Wildman–Crippen MR) is 82.6 cm³/mol. The highest BCUT2D eigenvalue weighted by Crippen LogP contribution is 2.19. The first-order chi connectivity index (χ1) is 8.84. The Morgan fingerprint density at radius 1 is 1.32 bits per heavy atom. The van der Waals surface area contributed by atoms with Crippen molar-refractivity contribution in [2.75, 3.05) is 24.4 Å². The Labute approximate surface area is 120 Å². The Morgan fingerprint density at radius 3 is 2.37 bits per heavy atom. The molecule has 0 aliphatic heterocycles. The Balaban J connectivity index is 3.16. The summed E-state index contributed by atoms with van der Waals surface area (Å²) in [6, 6.07) is 6.87. The minimum atomic E-state index is -3.51. The predicted octanol–water partition coefficient (Wildman–Crippen LogP) is 1.34. The first kappa shape index (κ1) is 15.9. The van der Waals surface area contributed by atoms with E-state index in [0.717, 1.165) is 0 Å². The van der Waals surface area contributed by atoms with Crippen LogP contribution in [0.4, 0.5) is 5.69 Å². The topological polar surface area (TPSA) is 66.6 Å². The molecule has 1 aromatic carbocycles. The molecule has 0 heterocycles. The van der Waals surface area contributed by atoms with E-state index in [2.05, 4.69) is 0 Å². The number of thiocarbonyl (C=S) groups is 1. The Kier molecular flexibility index (Phi) is 5.28. The van der Waals surface area contributed by atoms with Gasteiger partial charge in [-0.3, -0.25) is 4.31 Å². The van der Waals surface area contributed by atoms with Crippen LogP contribution in [0.1, 0.15) is 19.4 Å². The molecule has 0 aliphatic carbocycles. The summed E-state index contributed by atoms with van der Waals surface area (Å²) in [5.41, 5.74) is 6.74. The van der Waals surface area contributed by atoms with Crippen LogP contribution in [-0.2, 0) is 10.2 Å². The fourth-order valence-electron chi connectivity index (χ4n) is 1.71. The van der Waals surface area contributed by atoms with E-state index in [1.54, 1.807) is 38.1 Å². The summed E-state index contributed by atoms with van der Waals surface area (Å²) >= 11 is 4.90. The molecule has 5 nitrogen and oxygen atoms in total. The number of hydrogen-bond acceptors (Lipinski definition) is 3. The summed E-state index contributed by atoms with van der Waals surface area (Å²) in [6.07, 6.45) is 0. The standard InChI is InChI=1S/C12H19N3O2S2/c1-4-15(5-2)19(16,17)14(3)11-8-6-7-10(9-11)12(13)18/h6-9H,4-5H2,1-3H3,(H2,13,18). The maximum Gasteiger partial charge on any atom is 0.303 e. The Hall–Kier alpha value is -1.18. The summed E-state index contributed by atoms with van der Waals surface area (Å²) in [6.45, 7) is 4.47. The molecular weight excluding hydrogens is 282 g/mol. The summed E-state index contributed by atoms with van der Waals surface area (Å²) in [5.74, 6) is 0. The van der Waals surface area contributed by atoms with Gasteiger partial charge in [0.1, 0.15) is 4.99 Å². The third kappa shape index (κ3) is 3.43.